The fourth-order valence-corrected chi connectivity index (χ4v) is 0.592. The second-order valence-corrected chi connectivity index (χ2v) is 2.01. The summed E-state index contributed by atoms with van der Waals surface area (Å²) in [5.41, 5.74) is 2.65. The fourth-order valence-electron chi connectivity index (χ4n) is 0.592. The van der Waals surface area contributed by atoms with Crippen molar-refractivity contribution < 1.29 is 17.3 Å². The maximum atomic E-state index is 4.76. The molecule has 10 heavy (non-hydrogen) atoms. The van der Waals surface area contributed by atoms with Crippen LogP contribution >= 0.6 is 9.69 Å². The molecule has 50 valence electrons. The van der Waals surface area contributed by atoms with Crippen LogP contribution in [0, 0.1) is 19.9 Å². The predicted octanol–water partition coefficient (Wildman–Crippen LogP) is 2.79. The van der Waals surface area contributed by atoms with E-state index in [1.165, 1.54) is 11.1 Å². The summed E-state index contributed by atoms with van der Waals surface area (Å²) in [6.45, 7) is 4.19. The summed E-state index contributed by atoms with van der Waals surface area (Å²) in [6, 6.07) is 8.99. The summed E-state index contributed by atoms with van der Waals surface area (Å²) < 4.78 is 0. The van der Waals surface area contributed by atoms with Gasteiger partial charge in [0, 0.05) is 0 Å². The van der Waals surface area contributed by atoms with E-state index in [-0.39, 0.29) is 0 Å². The molecule has 0 saturated carbocycles. The zero-order valence-electron chi connectivity index (χ0n) is 6.32. The van der Waals surface area contributed by atoms with Gasteiger partial charge in [0.15, 0.2) is 0 Å². The minimum absolute atomic E-state index is 0.847. The molecule has 0 bridgehead atoms. The molecule has 0 atom stereocenters. The molecule has 0 unspecified atom stereocenters. The van der Waals surface area contributed by atoms with Gasteiger partial charge in [0.05, 0.1) is 0 Å². The molecule has 2 heteroatoms. The second kappa shape index (κ2) is 5.88. The van der Waals surface area contributed by atoms with Crippen molar-refractivity contribution in [2.75, 3.05) is 0 Å². The Balaban J connectivity index is 0.000000371. The summed E-state index contributed by atoms with van der Waals surface area (Å²) in [6.07, 6.45) is 0. The molecule has 0 aromatic heterocycles. The quantitative estimate of drug-likeness (QED) is 0.452. The van der Waals surface area contributed by atoms with Crippen molar-refractivity contribution in [2.45, 2.75) is 13.8 Å². The Morgan fingerprint density at radius 3 is 2.20 bits per heavy atom. The second-order valence-electron chi connectivity index (χ2n) is 2.01. The summed E-state index contributed by atoms with van der Waals surface area (Å²) in [5.74, 6) is 0. The molecule has 0 aliphatic heterocycles. The molecule has 0 saturated heterocycles. The van der Waals surface area contributed by atoms with E-state index < -0.39 is 0 Å². The van der Waals surface area contributed by atoms with Gasteiger partial charge in [-0.05, 0) is 0 Å². The summed E-state index contributed by atoms with van der Waals surface area (Å²) in [7, 11) is 4.76. The first-order valence-electron chi connectivity index (χ1n) is 3.01. The fraction of sp³-hybridized carbons (Fsp3) is 0.250. The third-order valence-electron chi connectivity index (χ3n) is 1.35. The van der Waals surface area contributed by atoms with Crippen LogP contribution in [0.25, 0.3) is 0 Å². The first-order valence-corrected chi connectivity index (χ1v) is 6.90. The van der Waals surface area contributed by atoms with Crippen molar-refractivity contribution in [1.82, 2.24) is 0 Å². The molecule has 0 nitrogen and oxygen atoms in total. The minimum atomic E-state index is 0.847. The van der Waals surface area contributed by atoms with Gasteiger partial charge in [0.2, 0.25) is 0 Å². The van der Waals surface area contributed by atoms with E-state index >= 15 is 0 Å². The Hall–Kier alpha value is 0.133. The van der Waals surface area contributed by atoms with Gasteiger partial charge in [-0.25, -0.2) is 0 Å². The van der Waals surface area contributed by atoms with Crippen LogP contribution in [0.15, 0.2) is 18.2 Å². The van der Waals surface area contributed by atoms with Crippen molar-refractivity contribution in [2.24, 2.45) is 0 Å². The molecule has 0 aliphatic rings. The van der Waals surface area contributed by atoms with Crippen LogP contribution < -0.4 is 0 Å². The van der Waals surface area contributed by atoms with Crippen molar-refractivity contribution in [3.05, 3.63) is 35.4 Å². The molecule has 1 aromatic carbocycles. The number of aryl methyl sites for hydroxylation is 2. The molecule has 1 aromatic rings. The Morgan fingerprint density at radius 2 is 1.90 bits per heavy atom. The molecular weight excluding hydrogens is 197 g/mol. The van der Waals surface area contributed by atoms with Gasteiger partial charge in [0.1, 0.15) is 0 Å². The number of benzene rings is 1. The Kier molecular flexibility index (Phi) is 5.96. The van der Waals surface area contributed by atoms with Gasteiger partial charge in [-0.2, -0.15) is 35.4 Å². The molecule has 0 heterocycles. The third kappa shape index (κ3) is 3.34. The van der Waals surface area contributed by atoms with E-state index in [4.69, 9.17) is 9.69 Å². The normalized spacial score (nSPS) is 8.10. The molecule has 0 amide bonds. The molecule has 1 rings (SSSR count). The predicted molar refractivity (Wildman–Crippen MR) is 40.6 cm³/mol. The van der Waals surface area contributed by atoms with Crippen LogP contribution in [0.2, 0.25) is 0 Å². The van der Waals surface area contributed by atoms with Gasteiger partial charge < -0.3 is 0 Å². The maximum absolute atomic E-state index is 4.76. The van der Waals surface area contributed by atoms with Crippen LogP contribution in [0.5, 0.6) is 0 Å². The number of rotatable bonds is 0. The molecule has 0 N–H and O–H groups in total. The zero-order valence-corrected chi connectivity index (χ0v) is 10.0. The van der Waals surface area contributed by atoms with Gasteiger partial charge in [0.25, 0.3) is 0 Å². The van der Waals surface area contributed by atoms with Gasteiger partial charge in [-0.3, -0.25) is 0 Å². The Labute approximate surface area is 76.3 Å². The number of hydrogen-bond donors (Lipinski definition) is 0. The van der Waals surface area contributed by atoms with E-state index in [1.54, 1.807) is 0 Å². The SMILES string of the molecule is Cc1c[c-]ccc1C.[Cl][Zn+]. The van der Waals surface area contributed by atoms with Crippen molar-refractivity contribution in [3.8, 4) is 0 Å². The Bertz CT molecular complexity index is 165. The van der Waals surface area contributed by atoms with E-state index in [0.29, 0.717) is 0 Å². The van der Waals surface area contributed by atoms with Crippen molar-refractivity contribution in [3.63, 3.8) is 0 Å². The molecular formula is C8H9ClZn. The van der Waals surface area contributed by atoms with Gasteiger partial charge in [-0.15, -0.1) is 0 Å². The van der Waals surface area contributed by atoms with Crippen LogP contribution in [0.1, 0.15) is 11.1 Å². The van der Waals surface area contributed by atoms with Crippen LogP contribution in [0.4, 0.5) is 0 Å². The molecule has 0 spiro atoms. The topological polar surface area (TPSA) is 0 Å². The number of halogens is 1. The summed E-state index contributed by atoms with van der Waals surface area (Å²) in [4.78, 5) is 0. The van der Waals surface area contributed by atoms with Gasteiger partial charge >= 0.3 is 27.0 Å². The van der Waals surface area contributed by atoms with Crippen LogP contribution in [-0.2, 0) is 17.3 Å². The first-order chi connectivity index (χ1) is 4.80. The Morgan fingerprint density at radius 1 is 1.30 bits per heavy atom. The third-order valence-corrected chi connectivity index (χ3v) is 1.35. The molecule has 0 aliphatic carbocycles. The number of hydrogen-bond acceptors (Lipinski definition) is 0. The average Bonchev–Trinajstić information content (AvgIpc) is 2.00. The van der Waals surface area contributed by atoms with Gasteiger partial charge in [-0.1, -0.05) is 13.8 Å². The average molecular weight is 206 g/mol. The molecule has 0 fully saturated rings. The van der Waals surface area contributed by atoms with E-state index in [2.05, 4.69) is 26.0 Å². The standard InChI is InChI=1S/C8H9.ClH.Zn/c1-7-5-3-4-6-8(7)2;;/h3,5-6H,1-2H3;1H;/q-1;;+2/p-1. The molecule has 0 radical (unpaired) electrons. The monoisotopic (exact) mass is 204 g/mol. The van der Waals surface area contributed by atoms with E-state index in [1.807, 2.05) is 12.1 Å². The van der Waals surface area contributed by atoms with Crippen LogP contribution in [0.3, 0.4) is 0 Å². The van der Waals surface area contributed by atoms with Crippen LogP contribution in [-0.4, -0.2) is 0 Å². The van der Waals surface area contributed by atoms with Crippen molar-refractivity contribution in [1.29, 1.82) is 0 Å². The van der Waals surface area contributed by atoms with Crippen molar-refractivity contribution >= 4 is 9.69 Å². The summed E-state index contributed by atoms with van der Waals surface area (Å²) >= 11 is 0.847. The first kappa shape index (κ1) is 10.1. The van der Waals surface area contributed by atoms with E-state index in [0.717, 1.165) is 17.3 Å². The summed E-state index contributed by atoms with van der Waals surface area (Å²) in [5, 5.41) is 0. The van der Waals surface area contributed by atoms with E-state index in [9.17, 15) is 0 Å². The zero-order chi connectivity index (χ0) is 7.98.